The van der Waals surface area contributed by atoms with Crippen molar-refractivity contribution in [1.29, 1.82) is 0 Å². The van der Waals surface area contributed by atoms with Gasteiger partial charge in [0.25, 0.3) is 0 Å². The molecule has 168 valence electrons. The van der Waals surface area contributed by atoms with Crippen LogP contribution < -0.4 is 0 Å². The number of hydrogen-bond acceptors (Lipinski definition) is 3. The molecule has 0 aromatic heterocycles. The number of hydrogen-bond donors (Lipinski definition) is 1. The number of ether oxygens (including phenoxy) is 2. The number of aliphatic hydroxyl groups excluding tert-OH is 1. The molecule has 5 aliphatic carbocycles. The third kappa shape index (κ3) is 1.98. The molecule has 1 unspecified atom stereocenters. The first kappa shape index (κ1) is 19.4. The second-order valence-electron chi connectivity index (χ2n) is 13.7. The number of rotatable bonds is 0. The summed E-state index contributed by atoms with van der Waals surface area (Å²) in [5.74, 6) is 5.15. The minimum absolute atomic E-state index is 0.0375. The highest BCUT2D eigenvalue weighted by Crippen LogP contribution is 2.84. The zero-order chi connectivity index (χ0) is 20.7. The van der Waals surface area contributed by atoms with Crippen molar-refractivity contribution in [3.63, 3.8) is 0 Å². The Morgan fingerprint density at radius 1 is 0.867 bits per heavy atom. The molecule has 2 saturated heterocycles. The zero-order valence-corrected chi connectivity index (χ0v) is 19.5. The molecular formula is C27H42O3. The standard InChI is InChI=1S/C27H42O3/c1-15-11-22-26(4)23-21(30-27(22,26)29-14-15)13-20-18-6-5-16-12-17(28)7-9-24(16,2)19(18)8-10-25(20,23)3/h15-23,28H,5-14H2,1-4H3/t15-,16+,17-,18+,19-,20-,21-,22?,23-,24-,25-,26-,27+/m0/s1. The second kappa shape index (κ2) is 5.68. The summed E-state index contributed by atoms with van der Waals surface area (Å²) in [6.45, 7) is 11.1. The van der Waals surface area contributed by atoms with Crippen molar-refractivity contribution >= 4 is 0 Å². The van der Waals surface area contributed by atoms with E-state index >= 15 is 0 Å². The molecule has 7 fully saturated rings. The van der Waals surface area contributed by atoms with E-state index in [0.29, 0.717) is 34.7 Å². The van der Waals surface area contributed by atoms with E-state index in [0.717, 1.165) is 43.1 Å². The number of fused-ring (bicyclic) bond motifs is 9. The van der Waals surface area contributed by atoms with Crippen LogP contribution in [0.5, 0.6) is 0 Å². The molecule has 2 aliphatic heterocycles. The molecule has 3 heteroatoms. The lowest BCUT2D eigenvalue weighted by molar-refractivity contribution is -0.212. The summed E-state index contributed by atoms with van der Waals surface area (Å²) in [5.41, 5.74) is 1.17. The summed E-state index contributed by atoms with van der Waals surface area (Å²) < 4.78 is 13.4. The first-order valence-electron chi connectivity index (χ1n) is 13.2. The van der Waals surface area contributed by atoms with E-state index < -0.39 is 0 Å². The van der Waals surface area contributed by atoms with Crippen LogP contribution in [0.15, 0.2) is 0 Å². The molecule has 7 aliphatic rings. The lowest BCUT2D eigenvalue weighted by Gasteiger charge is -2.61. The fourth-order valence-electron chi connectivity index (χ4n) is 11.4. The highest BCUT2D eigenvalue weighted by molar-refractivity contribution is 5.31. The number of aliphatic hydroxyl groups is 1. The Hall–Kier alpha value is -0.120. The average Bonchev–Trinajstić information content (AvgIpc) is 2.94. The summed E-state index contributed by atoms with van der Waals surface area (Å²) in [7, 11) is 0. The fourth-order valence-corrected chi connectivity index (χ4v) is 11.4. The maximum absolute atomic E-state index is 10.3. The van der Waals surface area contributed by atoms with Gasteiger partial charge in [-0.3, -0.25) is 0 Å². The monoisotopic (exact) mass is 414 g/mol. The summed E-state index contributed by atoms with van der Waals surface area (Å²) in [6.07, 6.45) is 11.9. The summed E-state index contributed by atoms with van der Waals surface area (Å²) in [4.78, 5) is 0. The summed E-state index contributed by atoms with van der Waals surface area (Å²) >= 11 is 0. The second-order valence-corrected chi connectivity index (χ2v) is 13.7. The van der Waals surface area contributed by atoms with Crippen molar-refractivity contribution in [2.75, 3.05) is 6.61 Å². The van der Waals surface area contributed by atoms with Gasteiger partial charge in [0.05, 0.1) is 18.8 Å². The first-order chi connectivity index (χ1) is 14.2. The van der Waals surface area contributed by atoms with Crippen LogP contribution in [0.2, 0.25) is 0 Å². The maximum atomic E-state index is 10.3. The van der Waals surface area contributed by atoms with Gasteiger partial charge in [-0.2, -0.15) is 0 Å². The van der Waals surface area contributed by atoms with Crippen molar-refractivity contribution in [3.8, 4) is 0 Å². The topological polar surface area (TPSA) is 38.7 Å². The Morgan fingerprint density at radius 3 is 2.50 bits per heavy atom. The van der Waals surface area contributed by atoms with Crippen LogP contribution in [0.25, 0.3) is 0 Å². The lowest BCUT2D eigenvalue weighted by Crippen LogP contribution is -2.54. The molecular weight excluding hydrogens is 372 g/mol. The van der Waals surface area contributed by atoms with Gasteiger partial charge in [-0.05, 0) is 98.2 Å². The first-order valence-corrected chi connectivity index (χ1v) is 13.2. The van der Waals surface area contributed by atoms with E-state index in [1.807, 2.05) is 0 Å². The predicted molar refractivity (Wildman–Crippen MR) is 116 cm³/mol. The molecule has 0 aromatic rings. The van der Waals surface area contributed by atoms with Crippen LogP contribution in [0.4, 0.5) is 0 Å². The molecule has 3 nitrogen and oxygen atoms in total. The van der Waals surface area contributed by atoms with E-state index in [2.05, 4.69) is 27.7 Å². The SMILES string of the molecule is C[C@@H]1CO[C@]23O[C@H]4C[C@H]5[C@@H]6CC[C@@H]7C[C@@H](O)CC[C@]7(C)[C@H]6CC[C@]5(C)[C@H]4[C@]2(C)C3C1. The molecule has 5 saturated carbocycles. The Bertz CT molecular complexity index is 767. The molecule has 7 rings (SSSR count). The highest BCUT2D eigenvalue weighted by atomic mass is 16.7. The third-order valence-electron chi connectivity index (χ3n) is 12.7. The van der Waals surface area contributed by atoms with Crippen molar-refractivity contribution in [2.24, 2.45) is 57.7 Å². The Kier molecular flexibility index (Phi) is 3.66. The molecule has 1 N–H and O–H groups in total. The van der Waals surface area contributed by atoms with Gasteiger partial charge < -0.3 is 14.6 Å². The Morgan fingerprint density at radius 2 is 1.67 bits per heavy atom. The average molecular weight is 415 g/mol. The largest absolute Gasteiger partial charge is 0.393 e. The molecule has 13 atom stereocenters. The van der Waals surface area contributed by atoms with Crippen LogP contribution in [0.1, 0.15) is 85.5 Å². The molecule has 2 heterocycles. The molecule has 0 bridgehead atoms. The van der Waals surface area contributed by atoms with Gasteiger partial charge in [-0.1, -0.05) is 27.7 Å². The van der Waals surface area contributed by atoms with Gasteiger partial charge in [-0.15, -0.1) is 0 Å². The molecule has 0 aromatic carbocycles. The normalized spacial score (nSPS) is 68.1. The van der Waals surface area contributed by atoms with Gasteiger partial charge in [0, 0.05) is 17.3 Å². The van der Waals surface area contributed by atoms with Crippen molar-refractivity contribution in [1.82, 2.24) is 0 Å². The van der Waals surface area contributed by atoms with Gasteiger partial charge in [0.1, 0.15) is 0 Å². The van der Waals surface area contributed by atoms with E-state index in [1.54, 1.807) is 0 Å². The fraction of sp³-hybridized carbons (Fsp3) is 1.00. The smallest absolute Gasteiger partial charge is 0.178 e. The van der Waals surface area contributed by atoms with Crippen molar-refractivity contribution in [3.05, 3.63) is 0 Å². The van der Waals surface area contributed by atoms with Crippen molar-refractivity contribution < 1.29 is 14.6 Å². The van der Waals surface area contributed by atoms with Gasteiger partial charge in [0.15, 0.2) is 5.79 Å². The summed E-state index contributed by atoms with van der Waals surface area (Å²) in [6, 6.07) is 0. The molecule has 0 radical (unpaired) electrons. The van der Waals surface area contributed by atoms with Gasteiger partial charge in [-0.25, -0.2) is 0 Å². The van der Waals surface area contributed by atoms with Crippen LogP contribution in [-0.2, 0) is 9.47 Å². The van der Waals surface area contributed by atoms with E-state index in [-0.39, 0.29) is 17.3 Å². The maximum Gasteiger partial charge on any atom is 0.178 e. The van der Waals surface area contributed by atoms with Crippen LogP contribution in [-0.4, -0.2) is 29.7 Å². The molecule has 1 spiro atoms. The van der Waals surface area contributed by atoms with E-state index in [1.165, 1.54) is 44.9 Å². The van der Waals surface area contributed by atoms with Crippen LogP contribution in [0.3, 0.4) is 0 Å². The highest BCUT2D eigenvalue weighted by Gasteiger charge is 2.89. The molecule has 0 amide bonds. The minimum Gasteiger partial charge on any atom is -0.393 e. The van der Waals surface area contributed by atoms with Gasteiger partial charge >= 0.3 is 0 Å². The lowest BCUT2D eigenvalue weighted by atomic mass is 9.44. The Labute approximate surface area is 182 Å². The van der Waals surface area contributed by atoms with Crippen LogP contribution in [0, 0.1) is 57.7 Å². The van der Waals surface area contributed by atoms with Crippen LogP contribution >= 0.6 is 0 Å². The zero-order valence-electron chi connectivity index (χ0n) is 19.5. The van der Waals surface area contributed by atoms with Gasteiger partial charge in [0.2, 0.25) is 0 Å². The minimum atomic E-state index is -0.219. The Balaban J connectivity index is 1.20. The third-order valence-corrected chi connectivity index (χ3v) is 12.7. The van der Waals surface area contributed by atoms with E-state index in [9.17, 15) is 5.11 Å². The molecule has 30 heavy (non-hydrogen) atoms. The predicted octanol–water partition coefficient (Wildman–Crippen LogP) is 5.40. The van der Waals surface area contributed by atoms with E-state index in [4.69, 9.17) is 9.47 Å². The van der Waals surface area contributed by atoms with Crippen molar-refractivity contribution in [2.45, 2.75) is 103 Å². The quantitative estimate of drug-likeness (QED) is 0.576. The summed E-state index contributed by atoms with van der Waals surface area (Å²) in [5, 5.41) is 10.3.